The minimum atomic E-state index is 0.704. The van der Waals surface area contributed by atoms with Crippen molar-refractivity contribution in [2.24, 2.45) is 5.16 Å². The van der Waals surface area contributed by atoms with Gasteiger partial charge in [-0.15, -0.1) is 11.7 Å². The minimum absolute atomic E-state index is 0.704. The molecule has 0 aromatic heterocycles. The molecule has 1 N–H and O–H groups in total. The monoisotopic (exact) mass is 151 g/mol. The van der Waals surface area contributed by atoms with Crippen LogP contribution in [0.1, 0.15) is 13.3 Å². The third kappa shape index (κ3) is 3.21. The highest BCUT2D eigenvalue weighted by atomic mass is 33.1. The van der Waals surface area contributed by atoms with Gasteiger partial charge in [0.1, 0.15) is 0 Å². The first-order valence-electron chi connectivity index (χ1n) is 2.31. The maximum Gasteiger partial charge on any atom is 0.0675 e. The molecule has 4 heteroatoms. The summed E-state index contributed by atoms with van der Waals surface area (Å²) < 4.78 is 0. The molecule has 0 aliphatic heterocycles. The Balaban J connectivity index is 3.38. The molecule has 8 heavy (non-hydrogen) atoms. The van der Waals surface area contributed by atoms with Gasteiger partial charge in [-0.1, -0.05) is 22.9 Å². The summed E-state index contributed by atoms with van der Waals surface area (Å²) in [5.74, 6) is 0.704. The van der Waals surface area contributed by atoms with Crippen LogP contribution in [0.25, 0.3) is 0 Å². The van der Waals surface area contributed by atoms with Gasteiger partial charge in [0.2, 0.25) is 0 Å². The number of rotatable bonds is 3. The van der Waals surface area contributed by atoms with Crippen molar-refractivity contribution in [2.45, 2.75) is 13.3 Å². The largest absolute Gasteiger partial charge is 0.411 e. The number of nitrogens with zero attached hydrogens (tertiary/aromatic N) is 1. The van der Waals surface area contributed by atoms with Gasteiger partial charge in [-0.25, -0.2) is 0 Å². The van der Waals surface area contributed by atoms with Crippen molar-refractivity contribution in [1.29, 1.82) is 0 Å². The molecule has 0 amide bonds. The lowest BCUT2D eigenvalue weighted by Crippen LogP contribution is -1.97. The maximum atomic E-state index is 8.20. The first-order valence-corrected chi connectivity index (χ1v) is 4.35. The molecule has 0 aromatic carbocycles. The summed E-state index contributed by atoms with van der Waals surface area (Å²) in [5, 5.41) is 11.2. The Kier molecular flexibility index (Phi) is 5.42. The zero-order chi connectivity index (χ0) is 6.41. The van der Waals surface area contributed by atoms with E-state index < -0.39 is 0 Å². The van der Waals surface area contributed by atoms with Gasteiger partial charge < -0.3 is 5.21 Å². The van der Waals surface area contributed by atoms with E-state index in [1.165, 1.54) is 10.8 Å². The summed E-state index contributed by atoms with van der Waals surface area (Å²) >= 11 is 3.89. The topological polar surface area (TPSA) is 32.6 Å². The summed E-state index contributed by atoms with van der Waals surface area (Å²) in [6.45, 7) is 1.94. The van der Waals surface area contributed by atoms with E-state index in [0.29, 0.717) is 5.75 Å². The molecule has 0 saturated carbocycles. The van der Waals surface area contributed by atoms with Crippen molar-refractivity contribution in [3.63, 3.8) is 0 Å². The summed E-state index contributed by atoms with van der Waals surface area (Å²) in [6, 6.07) is 0. The van der Waals surface area contributed by atoms with E-state index in [2.05, 4.69) is 16.8 Å². The third-order valence-corrected chi connectivity index (χ3v) is 1.63. The molecule has 0 fully saturated rings. The Labute approximate surface area is 58.2 Å². The molecular formula is C4H9NOS2. The number of hydrogen-bond donors (Lipinski definition) is 2. The standard InChI is InChI=1S/C4H9NOS2/c1-2-4(5-6)3-8-7/h6-7H,2-3H2,1H3. The number of oxime groups is 1. The van der Waals surface area contributed by atoms with Crippen LogP contribution in [0.15, 0.2) is 5.16 Å². The summed E-state index contributed by atoms with van der Waals surface area (Å²) in [5.41, 5.74) is 0.782. The Hall–Kier alpha value is 0.170. The van der Waals surface area contributed by atoms with Crippen molar-refractivity contribution in [3.8, 4) is 0 Å². The highest BCUT2D eigenvalue weighted by molar-refractivity contribution is 8.68. The fraction of sp³-hybridized carbons (Fsp3) is 0.750. The molecule has 0 rings (SSSR count). The van der Waals surface area contributed by atoms with Gasteiger partial charge in [-0.2, -0.15) is 0 Å². The second-order valence-electron chi connectivity index (χ2n) is 1.29. The highest BCUT2D eigenvalue weighted by Crippen LogP contribution is 2.05. The summed E-state index contributed by atoms with van der Waals surface area (Å²) in [6.07, 6.45) is 0.796. The van der Waals surface area contributed by atoms with Crippen molar-refractivity contribution < 1.29 is 5.21 Å². The zero-order valence-corrected chi connectivity index (χ0v) is 6.38. The highest BCUT2D eigenvalue weighted by Gasteiger charge is 1.92. The van der Waals surface area contributed by atoms with E-state index in [-0.39, 0.29) is 0 Å². The van der Waals surface area contributed by atoms with E-state index in [1.807, 2.05) is 6.92 Å². The molecule has 0 saturated heterocycles. The minimum Gasteiger partial charge on any atom is -0.411 e. The van der Waals surface area contributed by atoms with Crippen molar-refractivity contribution in [2.75, 3.05) is 5.75 Å². The van der Waals surface area contributed by atoms with Crippen LogP contribution in [0.4, 0.5) is 0 Å². The molecule has 2 nitrogen and oxygen atoms in total. The van der Waals surface area contributed by atoms with Gasteiger partial charge in [0.15, 0.2) is 0 Å². The van der Waals surface area contributed by atoms with Crippen molar-refractivity contribution in [3.05, 3.63) is 0 Å². The normalized spacial score (nSPS) is 12.0. The van der Waals surface area contributed by atoms with Crippen molar-refractivity contribution in [1.82, 2.24) is 0 Å². The van der Waals surface area contributed by atoms with Crippen LogP contribution in [0, 0.1) is 0 Å². The molecule has 0 bridgehead atoms. The van der Waals surface area contributed by atoms with Crippen LogP contribution in [-0.2, 0) is 0 Å². The Morgan fingerprint density at radius 2 is 2.50 bits per heavy atom. The molecule has 0 aliphatic carbocycles. The predicted molar refractivity (Wildman–Crippen MR) is 41.0 cm³/mol. The second-order valence-corrected chi connectivity index (χ2v) is 2.61. The lowest BCUT2D eigenvalue weighted by atomic mass is 10.3. The Bertz CT molecular complexity index is 84.1. The van der Waals surface area contributed by atoms with E-state index in [0.717, 1.165) is 12.1 Å². The molecule has 0 aromatic rings. The van der Waals surface area contributed by atoms with Crippen LogP contribution in [0.3, 0.4) is 0 Å². The lowest BCUT2D eigenvalue weighted by Gasteiger charge is -1.92. The average Bonchev–Trinajstić information content (AvgIpc) is 1.83. The van der Waals surface area contributed by atoms with Gasteiger partial charge in [-0.3, -0.25) is 0 Å². The lowest BCUT2D eigenvalue weighted by molar-refractivity contribution is 0.317. The first-order chi connectivity index (χ1) is 3.85. The van der Waals surface area contributed by atoms with Crippen LogP contribution in [0.2, 0.25) is 0 Å². The first kappa shape index (κ1) is 8.17. The van der Waals surface area contributed by atoms with Gasteiger partial charge in [0, 0.05) is 5.75 Å². The Morgan fingerprint density at radius 1 is 1.88 bits per heavy atom. The Morgan fingerprint density at radius 3 is 2.62 bits per heavy atom. The SMILES string of the molecule is CCC(CSS)=NO. The number of hydrogen-bond acceptors (Lipinski definition) is 4. The van der Waals surface area contributed by atoms with Gasteiger partial charge in [0.25, 0.3) is 0 Å². The molecule has 48 valence electrons. The zero-order valence-electron chi connectivity index (χ0n) is 4.66. The van der Waals surface area contributed by atoms with Gasteiger partial charge in [0.05, 0.1) is 5.71 Å². The smallest absolute Gasteiger partial charge is 0.0675 e. The van der Waals surface area contributed by atoms with E-state index in [1.54, 1.807) is 0 Å². The molecule has 0 aliphatic rings. The fourth-order valence-corrected chi connectivity index (χ4v) is 1.13. The molecule has 0 heterocycles. The second kappa shape index (κ2) is 5.31. The van der Waals surface area contributed by atoms with Crippen molar-refractivity contribution >= 4 is 28.2 Å². The van der Waals surface area contributed by atoms with Gasteiger partial charge >= 0.3 is 0 Å². The molecule has 0 atom stereocenters. The summed E-state index contributed by atoms with van der Waals surface area (Å²) in [4.78, 5) is 0. The average molecular weight is 151 g/mol. The van der Waals surface area contributed by atoms with E-state index in [4.69, 9.17) is 5.21 Å². The van der Waals surface area contributed by atoms with Crippen LogP contribution in [0.5, 0.6) is 0 Å². The van der Waals surface area contributed by atoms with Crippen LogP contribution in [-0.4, -0.2) is 16.7 Å². The third-order valence-electron chi connectivity index (χ3n) is 0.781. The molecule has 0 radical (unpaired) electrons. The molecular weight excluding hydrogens is 142 g/mol. The fourth-order valence-electron chi connectivity index (χ4n) is 0.276. The van der Waals surface area contributed by atoms with Crippen LogP contribution >= 0.6 is 22.5 Å². The predicted octanol–water partition coefficient (Wildman–Crippen LogP) is 1.80. The summed E-state index contributed by atoms with van der Waals surface area (Å²) in [7, 11) is 1.36. The molecule has 0 unspecified atom stereocenters. The van der Waals surface area contributed by atoms with Crippen LogP contribution < -0.4 is 0 Å². The van der Waals surface area contributed by atoms with E-state index in [9.17, 15) is 0 Å². The maximum absolute atomic E-state index is 8.20. The molecule has 0 spiro atoms. The van der Waals surface area contributed by atoms with E-state index >= 15 is 0 Å². The quantitative estimate of drug-likeness (QED) is 0.212. The number of thiol groups is 1. The van der Waals surface area contributed by atoms with Gasteiger partial charge in [-0.05, 0) is 6.42 Å².